The average Bonchev–Trinajstić information content (AvgIpc) is 3.15. The Bertz CT molecular complexity index is 907. The van der Waals surface area contributed by atoms with E-state index in [1.165, 1.54) is 0 Å². The van der Waals surface area contributed by atoms with Crippen LogP contribution in [-0.4, -0.2) is 52.2 Å². The molecule has 138 valence electrons. The number of anilines is 3. The van der Waals surface area contributed by atoms with Gasteiger partial charge in [0, 0.05) is 44.3 Å². The minimum absolute atomic E-state index is 0.0941. The van der Waals surface area contributed by atoms with Gasteiger partial charge in [0.15, 0.2) is 22.1 Å². The number of hydrogen-bond acceptors (Lipinski definition) is 7. The van der Waals surface area contributed by atoms with E-state index in [1.807, 2.05) is 24.3 Å². The fourth-order valence-electron chi connectivity index (χ4n) is 2.87. The number of aromatic nitrogens is 3. The van der Waals surface area contributed by atoms with Crippen LogP contribution in [0.3, 0.4) is 0 Å². The number of furan rings is 1. The highest BCUT2D eigenvalue weighted by molar-refractivity contribution is 9.10. The van der Waals surface area contributed by atoms with Crippen LogP contribution >= 0.6 is 15.9 Å². The molecule has 0 unspecified atom stereocenters. The summed E-state index contributed by atoms with van der Waals surface area (Å²) in [5.41, 5.74) is 0.906. The lowest BCUT2D eigenvalue weighted by Gasteiger charge is -2.34. The lowest BCUT2D eigenvalue weighted by molar-refractivity contribution is 0.0713. The van der Waals surface area contributed by atoms with Gasteiger partial charge in [0.2, 0.25) is 0 Å². The molecule has 3 aromatic heterocycles. The van der Waals surface area contributed by atoms with Crippen LogP contribution in [0.25, 0.3) is 0 Å². The molecule has 1 amide bonds. The maximum atomic E-state index is 12.4. The molecule has 0 saturated carbocycles. The van der Waals surface area contributed by atoms with Gasteiger partial charge in [0.25, 0.3) is 5.91 Å². The van der Waals surface area contributed by atoms with Gasteiger partial charge in [-0.3, -0.25) is 9.78 Å². The predicted molar refractivity (Wildman–Crippen MR) is 104 cm³/mol. The van der Waals surface area contributed by atoms with E-state index in [0.717, 1.165) is 11.5 Å². The van der Waals surface area contributed by atoms with E-state index in [4.69, 9.17) is 4.42 Å². The topological polar surface area (TPSA) is 87.4 Å². The summed E-state index contributed by atoms with van der Waals surface area (Å²) >= 11 is 3.22. The standard InChI is InChI=1S/C18H17BrN6O2/c19-15-2-1-14(27-15)18(26)25-11-9-24(10-12-25)17-4-3-16(22-23-17)21-13-5-7-20-8-6-13/h1-8H,9-12H2,(H,20,21,22). The zero-order valence-corrected chi connectivity index (χ0v) is 16.0. The van der Waals surface area contributed by atoms with Gasteiger partial charge >= 0.3 is 0 Å². The Morgan fingerprint density at radius 3 is 2.41 bits per heavy atom. The Morgan fingerprint density at radius 2 is 1.78 bits per heavy atom. The third-order valence-corrected chi connectivity index (χ3v) is 4.70. The quantitative estimate of drug-likeness (QED) is 0.683. The molecule has 1 saturated heterocycles. The summed E-state index contributed by atoms with van der Waals surface area (Å²) in [6.45, 7) is 2.60. The van der Waals surface area contributed by atoms with Gasteiger partial charge in [0.05, 0.1) is 0 Å². The molecule has 4 heterocycles. The Hall–Kier alpha value is -2.94. The first-order valence-corrected chi connectivity index (χ1v) is 9.29. The summed E-state index contributed by atoms with van der Waals surface area (Å²) in [6, 6.07) is 10.9. The van der Waals surface area contributed by atoms with Crippen molar-refractivity contribution in [2.24, 2.45) is 0 Å². The van der Waals surface area contributed by atoms with Crippen molar-refractivity contribution in [3.63, 3.8) is 0 Å². The van der Waals surface area contributed by atoms with Crippen molar-refractivity contribution in [3.8, 4) is 0 Å². The van der Waals surface area contributed by atoms with E-state index < -0.39 is 0 Å². The molecule has 4 rings (SSSR count). The van der Waals surface area contributed by atoms with Crippen LogP contribution in [0.1, 0.15) is 10.6 Å². The number of carbonyl (C=O) groups excluding carboxylic acids is 1. The number of hydrogen-bond donors (Lipinski definition) is 1. The number of halogens is 1. The van der Waals surface area contributed by atoms with E-state index in [1.54, 1.807) is 29.4 Å². The third-order valence-electron chi connectivity index (χ3n) is 4.28. The first kappa shape index (κ1) is 17.5. The minimum Gasteiger partial charge on any atom is -0.444 e. The maximum absolute atomic E-state index is 12.4. The van der Waals surface area contributed by atoms with Crippen LogP contribution in [0.5, 0.6) is 0 Å². The SMILES string of the molecule is O=C(c1ccc(Br)o1)N1CCN(c2ccc(Nc3ccncc3)nn2)CC1. The average molecular weight is 429 g/mol. The molecule has 0 bridgehead atoms. The molecule has 0 aliphatic carbocycles. The second-order valence-electron chi connectivity index (χ2n) is 6.02. The molecule has 0 aromatic carbocycles. The van der Waals surface area contributed by atoms with E-state index in [0.29, 0.717) is 42.4 Å². The van der Waals surface area contributed by atoms with Gasteiger partial charge in [0.1, 0.15) is 0 Å². The highest BCUT2D eigenvalue weighted by Gasteiger charge is 2.24. The highest BCUT2D eigenvalue weighted by Crippen LogP contribution is 2.19. The van der Waals surface area contributed by atoms with Gasteiger partial charge in [-0.15, -0.1) is 10.2 Å². The van der Waals surface area contributed by atoms with E-state index >= 15 is 0 Å². The molecule has 1 N–H and O–H groups in total. The molecule has 3 aromatic rings. The third kappa shape index (κ3) is 4.08. The highest BCUT2D eigenvalue weighted by atomic mass is 79.9. The van der Waals surface area contributed by atoms with Crippen molar-refractivity contribution in [3.05, 3.63) is 59.2 Å². The second kappa shape index (κ2) is 7.75. The van der Waals surface area contributed by atoms with Crippen molar-refractivity contribution in [1.82, 2.24) is 20.1 Å². The lowest BCUT2D eigenvalue weighted by Crippen LogP contribution is -2.49. The molecule has 1 aliphatic rings. The van der Waals surface area contributed by atoms with Crippen LogP contribution in [0.15, 0.2) is 57.9 Å². The summed E-state index contributed by atoms with van der Waals surface area (Å²) in [7, 11) is 0. The normalized spacial score (nSPS) is 14.3. The van der Waals surface area contributed by atoms with Gasteiger partial charge in [-0.05, 0) is 52.3 Å². The van der Waals surface area contributed by atoms with Gasteiger partial charge in [-0.2, -0.15) is 0 Å². The van der Waals surface area contributed by atoms with Crippen molar-refractivity contribution in [2.45, 2.75) is 0 Å². The second-order valence-corrected chi connectivity index (χ2v) is 6.80. The van der Waals surface area contributed by atoms with Crippen LogP contribution in [0.4, 0.5) is 17.3 Å². The van der Waals surface area contributed by atoms with Crippen LogP contribution in [-0.2, 0) is 0 Å². The fourth-order valence-corrected chi connectivity index (χ4v) is 3.17. The number of carbonyl (C=O) groups is 1. The molecule has 0 spiro atoms. The van der Waals surface area contributed by atoms with Crippen molar-refractivity contribution >= 4 is 39.2 Å². The number of nitrogens with zero attached hydrogens (tertiary/aromatic N) is 5. The van der Waals surface area contributed by atoms with Crippen molar-refractivity contribution in [1.29, 1.82) is 0 Å². The predicted octanol–water partition coefficient (Wildman–Crippen LogP) is 2.93. The molecule has 1 aliphatic heterocycles. The Balaban J connectivity index is 1.35. The van der Waals surface area contributed by atoms with Crippen molar-refractivity contribution in [2.75, 3.05) is 36.4 Å². The minimum atomic E-state index is -0.0941. The summed E-state index contributed by atoms with van der Waals surface area (Å²) < 4.78 is 5.91. The largest absolute Gasteiger partial charge is 0.444 e. The zero-order chi connectivity index (χ0) is 18.6. The summed E-state index contributed by atoms with van der Waals surface area (Å²) in [4.78, 5) is 20.3. The van der Waals surface area contributed by atoms with E-state index in [9.17, 15) is 4.79 Å². The van der Waals surface area contributed by atoms with Crippen molar-refractivity contribution < 1.29 is 9.21 Å². The molecule has 8 nitrogen and oxygen atoms in total. The monoisotopic (exact) mass is 428 g/mol. The van der Waals surface area contributed by atoms with Gasteiger partial charge < -0.3 is 19.5 Å². The number of amides is 1. The summed E-state index contributed by atoms with van der Waals surface area (Å²) in [6.07, 6.45) is 3.43. The first-order chi connectivity index (χ1) is 13.2. The lowest BCUT2D eigenvalue weighted by atomic mass is 10.3. The molecule has 0 radical (unpaired) electrons. The summed E-state index contributed by atoms with van der Waals surface area (Å²) in [5.74, 6) is 1.72. The molecule has 1 fully saturated rings. The molecule has 9 heteroatoms. The molecule has 27 heavy (non-hydrogen) atoms. The molecular formula is C18H17BrN6O2. The van der Waals surface area contributed by atoms with Crippen LogP contribution < -0.4 is 10.2 Å². The molecule has 0 atom stereocenters. The smallest absolute Gasteiger partial charge is 0.289 e. The number of piperazine rings is 1. The van der Waals surface area contributed by atoms with Gasteiger partial charge in [-0.1, -0.05) is 0 Å². The van der Waals surface area contributed by atoms with E-state index in [-0.39, 0.29) is 5.91 Å². The van der Waals surface area contributed by atoms with Gasteiger partial charge in [-0.25, -0.2) is 0 Å². The Labute approximate surface area is 164 Å². The first-order valence-electron chi connectivity index (χ1n) is 8.49. The maximum Gasteiger partial charge on any atom is 0.289 e. The van der Waals surface area contributed by atoms with Crippen LogP contribution in [0.2, 0.25) is 0 Å². The number of nitrogens with one attached hydrogen (secondary N) is 1. The zero-order valence-electron chi connectivity index (χ0n) is 14.4. The number of pyridine rings is 1. The molecular weight excluding hydrogens is 412 g/mol. The van der Waals surface area contributed by atoms with E-state index in [2.05, 4.69) is 41.3 Å². The Kier molecular flexibility index (Phi) is 5.01. The van der Waals surface area contributed by atoms with Crippen LogP contribution in [0, 0.1) is 0 Å². The number of rotatable bonds is 4. The Morgan fingerprint density at radius 1 is 1.00 bits per heavy atom. The summed E-state index contributed by atoms with van der Waals surface area (Å²) in [5, 5.41) is 11.7. The fraction of sp³-hybridized carbons (Fsp3) is 0.222.